The highest BCUT2D eigenvalue weighted by molar-refractivity contribution is 5.78. The fraction of sp³-hybridized carbons (Fsp3) is 0.833. The first-order valence-corrected chi connectivity index (χ1v) is 3.41. The fourth-order valence-electron chi connectivity index (χ4n) is 1.08. The van der Waals surface area contributed by atoms with Crippen molar-refractivity contribution < 1.29 is 14.6 Å². The summed E-state index contributed by atoms with van der Waals surface area (Å²) in [6, 6.07) is -0.924. The summed E-state index contributed by atoms with van der Waals surface area (Å²) in [5.41, 5.74) is 0. The molecule has 0 radical (unpaired) electrons. The molecule has 0 aromatic heterocycles. The van der Waals surface area contributed by atoms with Crippen LogP contribution < -0.4 is 0 Å². The van der Waals surface area contributed by atoms with Gasteiger partial charge in [0.2, 0.25) is 0 Å². The molecule has 0 amide bonds. The third-order valence-electron chi connectivity index (χ3n) is 1.74. The number of nitroso groups, excluding NO2 is 1. The van der Waals surface area contributed by atoms with Crippen molar-refractivity contribution in [3.05, 3.63) is 4.91 Å². The highest BCUT2D eigenvalue weighted by Crippen LogP contribution is 2.20. The highest BCUT2D eigenvalue weighted by atomic mass is 16.6. The SMILES string of the molecule is CCC1OC(=O)C(O)C1N=O. The third-order valence-corrected chi connectivity index (χ3v) is 1.74. The van der Waals surface area contributed by atoms with Crippen LogP contribution in [0.3, 0.4) is 0 Å². The van der Waals surface area contributed by atoms with Crippen LogP contribution in [0.4, 0.5) is 0 Å². The van der Waals surface area contributed by atoms with Crippen LogP contribution in [0.5, 0.6) is 0 Å². The van der Waals surface area contributed by atoms with Crippen molar-refractivity contribution in [2.45, 2.75) is 31.6 Å². The van der Waals surface area contributed by atoms with Gasteiger partial charge in [0.05, 0.1) is 0 Å². The second kappa shape index (κ2) is 2.96. The van der Waals surface area contributed by atoms with E-state index in [0.717, 1.165) is 0 Å². The number of nitrogens with zero attached hydrogens (tertiary/aromatic N) is 1. The molecule has 1 fully saturated rings. The van der Waals surface area contributed by atoms with Gasteiger partial charge in [-0.05, 0) is 6.42 Å². The third kappa shape index (κ3) is 1.23. The summed E-state index contributed by atoms with van der Waals surface area (Å²) >= 11 is 0. The number of hydrogen-bond acceptors (Lipinski definition) is 5. The van der Waals surface area contributed by atoms with E-state index in [2.05, 4.69) is 9.91 Å². The molecule has 0 spiro atoms. The van der Waals surface area contributed by atoms with Gasteiger partial charge >= 0.3 is 5.97 Å². The lowest BCUT2D eigenvalue weighted by atomic mass is 10.1. The van der Waals surface area contributed by atoms with Crippen LogP contribution in [-0.2, 0) is 9.53 Å². The van der Waals surface area contributed by atoms with Crippen molar-refractivity contribution >= 4 is 5.97 Å². The van der Waals surface area contributed by atoms with E-state index in [1.807, 2.05) is 0 Å². The van der Waals surface area contributed by atoms with Gasteiger partial charge in [0.25, 0.3) is 0 Å². The molecule has 5 heteroatoms. The van der Waals surface area contributed by atoms with Crippen LogP contribution in [0, 0.1) is 4.91 Å². The Morgan fingerprint density at radius 1 is 1.73 bits per heavy atom. The lowest BCUT2D eigenvalue weighted by molar-refractivity contribution is -0.147. The van der Waals surface area contributed by atoms with Gasteiger partial charge in [-0.2, -0.15) is 4.91 Å². The van der Waals surface area contributed by atoms with E-state index in [1.54, 1.807) is 6.92 Å². The van der Waals surface area contributed by atoms with Crippen LogP contribution in [0.25, 0.3) is 0 Å². The first kappa shape index (κ1) is 8.13. The Morgan fingerprint density at radius 3 is 2.73 bits per heavy atom. The highest BCUT2D eigenvalue weighted by Gasteiger charge is 2.43. The molecule has 1 rings (SSSR count). The smallest absolute Gasteiger partial charge is 0.337 e. The van der Waals surface area contributed by atoms with Gasteiger partial charge in [-0.15, -0.1) is 0 Å². The molecule has 1 aliphatic rings. The van der Waals surface area contributed by atoms with Crippen LogP contribution in [0.15, 0.2) is 5.18 Å². The zero-order chi connectivity index (χ0) is 8.43. The monoisotopic (exact) mass is 159 g/mol. The number of aliphatic hydroxyl groups excluding tert-OH is 1. The first-order valence-electron chi connectivity index (χ1n) is 3.41. The zero-order valence-corrected chi connectivity index (χ0v) is 6.06. The van der Waals surface area contributed by atoms with Crippen molar-refractivity contribution in [2.75, 3.05) is 0 Å². The van der Waals surface area contributed by atoms with Gasteiger partial charge < -0.3 is 9.84 Å². The number of hydrogen-bond donors (Lipinski definition) is 1. The summed E-state index contributed by atoms with van der Waals surface area (Å²) in [4.78, 5) is 20.7. The quantitative estimate of drug-likeness (QED) is 0.447. The Bertz CT molecular complexity index is 181. The van der Waals surface area contributed by atoms with E-state index >= 15 is 0 Å². The molecule has 1 saturated heterocycles. The molecule has 62 valence electrons. The minimum atomic E-state index is -1.36. The number of carbonyl (C=O) groups excluding carboxylic acids is 1. The molecule has 1 heterocycles. The number of cyclic esters (lactones) is 1. The fourth-order valence-corrected chi connectivity index (χ4v) is 1.08. The molecule has 3 unspecified atom stereocenters. The van der Waals surface area contributed by atoms with Crippen molar-refractivity contribution in [3.8, 4) is 0 Å². The molecular formula is C6H9NO4. The molecule has 5 nitrogen and oxygen atoms in total. The van der Waals surface area contributed by atoms with Gasteiger partial charge in [0.1, 0.15) is 6.10 Å². The molecule has 1 aliphatic heterocycles. The topological polar surface area (TPSA) is 76.0 Å². The van der Waals surface area contributed by atoms with Gasteiger partial charge in [0.15, 0.2) is 12.1 Å². The Labute approximate surface area is 63.3 Å². The van der Waals surface area contributed by atoms with E-state index in [1.165, 1.54) is 0 Å². The van der Waals surface area contributed by atoms with Gasteiger partial charge in [0, 0.05) is 0 Å². The van der Waals surface area contributed by atoms with Crippen LogP contribution in [0.1, 0.15) is 13.3 Å². The zero-order valence-electron chi connectivity index (χ0n) is 6.06. The van der Waals surface area contributed by atoms with E-state index in [0.29, 0.717) is 6.42 Å². The second-order valence-electron chi connectivity index (χ2n) is 2.42. The number of aliphatic hydroxyl groups is 1. The summed E-state index contributed by atoms with van der Waals surface area (Å²) in [6.45, 7) is 1.76. The molecule has 3 atom stereocenters. The molecule has 0 aromatic carbocycles. The van der Waals surface area contributed by atoms with Gasteiger partial charge in [-0.3, -0.25) is 0 Å². The normalized spacial score (nSPS) is 36.9. The molecule has 0 saturated carbocycles. The predicted octanol–water partition coefficient (Wildman–Crippen LogP) is -0.182. The molecule has 0 aliphatic carbocycles. The summed E-state index contributed by atoms with van der Waals surface area (Å²) in [5, 5.41) is 11.6. The molecule has 1 N–H and O–H groups in total. The maximum atomic E-state index is 10.6. The maximum absolute atomic E-state index is 10.6. The Kier molecular flexibility index (Phi) is 2.19. The molecule has 0 bridgehead atoms. The van der Waals surface area contributed by atoms with Crippen LogP contribution >= 0.6 is 0 Å². The van der Waals surface area contributed by atoms with Crippen molar-refractivity contribution in [1.82, 2.24) is 0 Å². The second-order valence-corrected chi connectivity index (χ2v) is 2.42. The molecular weight excluding hydrogens is 150 g/mol. The summed E-state index contributed by atoms with van der Waals surface area (Å²) in [5.74, 6) is -0.749. The standard InChI is InChI=1S/C6H9NO4/c1-2-3-4(7-10)5(8)6(9)11-3/h3-5,8H,2H2,1H3. The van der Waals surface area contributed by atoms with Crippen LogP contribution in [0.2, 0.25) is 0 Å². The lowest BCUT2D eigenvalue weighted by Gasteiger charge is -2.07. The van der Waals surface area contributed by atoms with Crippen molar-refractivity contribution in [3.63, 3.8) is 0 Å². The average molecular weight is 159 g/mol. The van der Waals surface area contributed by atoms with Crippen LogP contribution in [-0.4, -0.2) is 29.3 Å². The van der Waals surface area contributed by atoms with E-state index in [-0.39, 0.29) is 0 Å². The van der Waals surface area contributed by atoms with Crippen molar-refractivity contribution in [1.29, 1.82) is 0 Å². The lowest BCUT2D eigenvalue weighted by Crippen LogP contribution is -2.28. The van der Waals surface area contributed by atoms with E-state index in [9.17, 15) is 9.70 Å². The Morgan fingerprint density at radius 2 is 2.36 bits per heavy atom. The van der Waals surface area contributed by atoms with Gasteiger partial charge in [-0.1, -0.05) is 12.1 Å². The maximum Gasteiger partial charge on any atom is 0.337 e. The molecule has 0 aromatic rings. The predicted molar refractivity (Wildman–Crippen MR) is 35.8 cm³/mol. The van der Waals surface area contributed by atoms with E-state index in [4.69, 9.17) is 5.11 Å². The first-order chi connectivity index (χ1) is 5.20. The average Bonchev–Trinajstić information content (AvgIpc) is 2.28. The Balaban J connectivity index is 2.72. The number of esters is 1. The largest absolute Gasteiger partial charge is 0.458 e. The van der Waals surface area contributed by atoms with Gasteiger partial charge in [-0.25, -0.2) is 4.79 Å². The summed E-state index contributed by atoms with van der Waals surface area (Å²) in [6.07, 6.45) is -1.41. The number of rotatable bonds is 2. The van der Waals surface area contributed by atoms with E-state index < -0.39 is 24.2 Å². The number of ether oxygens (including phenoxy) is 1. The number of carbonyl (C=O) groups is 1. The summed E-state index contributed by atoms with van der Waals surface area (Å²) in [7, 11) is 0. The van der Waals surface area contributed by atoms with Crippen molar-refractivity contribution in [2.24, 2.45) is 5.18 Å². The summed E-state index contributed by atoms with van der Waals surface area (Å²) < 4.78 is 4.64. The molecule has 11 heavy (non-hydrogen) atoms. The minimum Gasteiger partial charge on any atom is -0.458 e. The Hall–Kier alpha value is -0.970. The minimum absolute atomic E-state index is 0.499.